The van der Waals surface area contributed by atoms with E-state index in [-0.39, 0.29) is 6.42 Å². The average molecular weight is 434 g/mol. The summed E-state index contributed by atoms with van der Waals surface area (Å²) in [6, 6.07) is 11.0. The monoisotopic (exact) mass is 433 g/mol. The van der Waals surface area contributed by atoms with Gasteiger partial charge >= 0.3 is 5.97 Å². The maximum atomic E-state index is 11.4. The fraction of sp³-hybridized carbons (Fsp3) is 0.304. The maximum absolute atomic E-state index is 11.4. The van der Waals surface area contributed by atoms with Crippen LogP contribution < -0.4 is 0 Å². The van der Waals surface area contributed by atoms with Crippen LogP contribution in [0.1, 0.15) is 37.6 Å². The van der Waals surface area contributed by atoms with Crippen LogP contribution in [0.15, 0.2) is 36.4 Å². The van der Waals surface area contributed by atoms with Crippen molar-refractivity contribution in [2.45, 2.75) is 46.6 Å². The highest BCUT2D eigenvalue weighted by Crippen LogP contribution is 2.39. The number of halogens is 2. The van der Waals surface area contributed by atoms with Crippen molar-refractivity contribution in [1.29, 1.82) is 0 Å². The van der Waals surface area contributed by atoms with E-state index in [0.717, 1.165) is 38.9 Å². The lowest BCUT2D eigenvalue weighted by molar-refractivity contribution is -0.136. The summed E-state index contributed by atoms with van der Waals surface area (Å²) in [5, 5.41) is 19.7. The number of benzene rings is 2. The van der Waals surface area contributed by atoms with E-state index < -0.39 is 11.6 Å². The second-order valence-corrected chi connectivity index (χ2v) is 8.78. The van der Waals surface area contributed by atoms with Gasteiger partial charge in [-0.25, -0.2) is 0 Å². The topological polar surface area (TPSA) is 70.4 Å². The Hall–Kier alpha value is -2.14. The van der Waals surface area contributed by atoms with E-state index in [0.29, 0.717) is 10.0 Å². The number of aliphatic carboxylic acids is 1. The summed E-state index contributed by atoms with van der Waals surface area (Å²) in [7, 11) is 0. The van der Waals surface area contributed by atoms with E-state index in [9.17, 15) is 9.90 Å². The molecule has 2 aromatic carbocycles. The predicted molar refractivity (Wildman–Crippen MR) is 120 cm³/mol. The Morgan fingerprint density at radius 3 is 2.24 bits per heavy atom. The smallest absolute Gasteiger partial charge is 0.307 e. The number of fused-ring (bicyclic) bond motifs is 1. The highest BCUT2D eigenvalue weighted by atomic mass is 35.5. The molecule has 0 unspecified atom stereocenters. The van der Waals surface area contributed by atoms with Crippen molar-refractivity contribution in [3.05, 3.63) is 63.3 Å². The largest absolute Gasteiger partial charge is 0.481 e. The normalized spacial score (nSPS) is 11.2. The Morgan fingerprint density at radius 2 is 1.69 bits per heavy atom. The van der Waals surface area contributed by atoms with Crippen LogP contribution in [0.25, 0.3) is 22.0 Å². The second-order valence-electron chi connectivity index (χ2n) is 7.93. The number of rotatable bonds is 3. The highest BCUT2D eigenvalue weighted by molar-refractivity contribution is 6.36. The third-order valence-electron chi connectivity index (χ3n) is 3.99. The summed E-state index contributed by atoms with van der Waals surface area (Å²) in [5.41, 5.74) is 4.41. The molecular weight excluding hydrogens is 409 g/mol. The van der Waals surface area contributed by atoms with Crippen LogP contribution >= 0.6 is 23.2 Å². The molecular formula is C23H25Cl2NO3. The molecule has 3 rings (SSSR count). The molecule has 0 spiro atoms. The third-order valence-corrected chi connectivity index (χ3v) is 4.54. The Kier molecular flexibility index (Phi) is 7.28. The molecule has 0 atom stereocenters. The number of carbonyl (C=O) groups is 1. The molecule has 1 heterocycles. The Bertz CT molecular complexity index is 1050. The minimum absolute atomic E-state index is 0.0794. The quantitative estimate of drug-likeness (QED) is 0.513. The molecule has 154 valence electrons. The predicted octanol–water partition coefficient (Wildman–Crippen LogP) is 6.23. The molecule has 0 saturated carbocycles. The van der Waals surface area contributed by atoms with Gasteiger partial charge in [0.2, 0.25) is 0 Å². The summed E-state index contributed by atoms with van der Waals surface area (Å²) in [5.74, 6) is -0.885. The van der Waals surface area contributed by atoms with E-state index in [2.05, 4.69) is 4.98 Å². The van der Waals surface area contributed by atoms with Crippen molar-refractivity contribution in [3.8, 4) is 11.1 Å². The molecule has 4 nitrogen and oxygen atoms in total. The SMILES string of the molecule is CC(C)(C)O.Cc1ccc2c(-c3ccc(Cl)cc3Cl)c(CC(=O)O)c(C)cc2n1. The first kappa shape index (κ1) is 23.1. The second kappa shape index (κ2) is 9.12. The molecule has 0 bridgehead atoms. The number of carboxylic acid groups (broad SMARTS) is 1. The van der Waals surface area contributed by atoms with E-state index >= 15 is 0 Å². The van der Waals surface area contributed by atoms with Gasteiger partial charge in [0.25, 0.3) is 0 Å². The molecule has 3 aromatic rings. The van der Waals surface area contributed by atoms with Crippen LogP contribution in [0.4, 0.5) is 0 Å². The molecule has 29 heavy (non-hydrogen) atoms. The third kappa shape index (κ3) is 6.43. The molecule has 0 aliphatic rings. The summed E-state index contributed by atoms with van der Waals surface area (Å²) in [6.07, 6.45) is -0.0794. The van der Waals surface area contributed by atoms with Crippen molar-refractivity contribution >= 4 is 40.1 Å². The van der Waals surface area contributed by atoms with E-state index in [1.165, 1.54) is 0 Å². The van der Waals surface area contributed by atoms with Gasteiger partial charge in [-0.3, -0.25) is 9.78 Å². The first-order valence-corrected chi connectivity index (χ1v) is 9.92. The van der Waals surface area contributed by atoms with Gasteiger partial charge in [-0.2, -0.15) is 0 Å². The van der Waals surface area contributed by atoms with Crippen LogP contribution in [0.2, 0.25) is 10.0 Å². The minimum atomic E-state index is -0.885. The number of hydrogen-bond donors (Lipinski definition) is 2. The lowest BCUT2D eigenvalue weighted by atomic mass is 9.90. The van der Waals surface area contributed by atoms with Gasteiger partial charge in [0, 0.05) is 26.7 Å². The summed E-state index contributed by atoms with van der Waals surface area (Å²) >= 11 is 12.4. The number of aryl methyl sites for hydroxylation is 2. The van der Waals surface area contributed by atoms with Crippen LogP contribution in [0.5, 0.6) is 0 Å². The van der Waals surface area contributed by atoms with Crippen molar-refractivity contribution in [3.63, 3.8) is 0 Å². The van der Waals surface area contributed by atoms with Crippen LogP contribution in [-0.2, 0) is 11.2 Å². The molecule has 0 aliphatic carbocycles. The molecule has 2 N–H and O–H groups in total. The zero-order valence-corrected chi connectivity index (χ0v) is 18.7. The van der Waals surface area contributed by atoms with Crippen LogP contribution in [0.3, 0.4) is 0 Å². The van der Waals surface area contributed by atoms with Gasteiger partial charge in [-0.15, -0.1) is 0 Å². The Balaban J connectivity index is 0.000000537. The molecule has 6 heteroatoms. The lowest BCUT2D eigenvalue weighted by Crippen LogP contribution is -2.10. The summed E-state index contributed by atoms with van der Waals surface area (Å²) in [6.45, 7) is 9.05. The summed E-state index contributed by atoms with van der Waals surface area (Å²) in [4.78, 5) is 15.9. The van der Waals surface area contributed by atoms with Crippen molar-refractivity contribution < 1.29 is 15.0 Å². The minimum Gasteiger partial charge on any atom is -0.481 e. The number of carboxylic acids is 1. The zero-order valence-electron chi connectivity index (χ0n) is 17.2. The van der Waals surface area contributed by atoms with Gasteiger partial charge in [0.05, 0.1) is 17.5 Å². The zero-order chi connectivity index (χ0) is 21.9. The fourth-order valence-electron chi connectivity index (χ4n) is 2.93. The van der Waals surface area contributed by atoms with E-state index in [1.54, 1.807) is 32.9 Å². The van der Waals surface area contributed by atoms with Crippen LogP contribution in [0, 0.1) is 13.8 Å². The summed E-state index contributed by atoms with van der Waals surface area (Å²) < 4.78 is 0. The standard InChI is InChI=1S/C19H15Cl2NO2.C4H10O/c1-10-7-17-14(5-3-11(2)22-17)19(15(10)9-18(23)24)13-6-4-12(20)8-16(13)21;1-4(2,3)5/h3-8H,9H2,1-2H3,(H,23,24);5H,1-3H3. The fourth-order valence-corrected chi connectivity index (χ4v) is 3.43. The van der Waals surface area contributed by atoms with Gasteiger partial charge < -0.3 is 10.2 Å². The average Bonchev–Trinajstić information content (AvgIpc) is 2.54. The van der Waals surface area contributed by atoms with Crippen molar-refractivity contribution in [2.24, 2.45) is 0 Å². The van der Waals surface area contributed by atoms with Crippen molar-refractivity contribution in [2.75, 3.05) is 0 Å². The number of aliphatic hydroxyl groups is 1. The number of hydrogen-bond acceptors (Lipinski definition) is 3. The molecule has 0 fully saturated rings. The highest BCUT2D eigenvalue weighted by Gasteiger charge is 2.18. The molecule has 1 aromatic heterocycles. The van der Waals surface area contributed by atoms with Crippen LogP contribution in [-0.4, -0.2) is 26.8 Å². The van der Waals surface area contributed by atoms with Gasteiger partial charge in [-0.1, -0.05) is 35.3 Å². The van der Waals surface area contributed by atoms with E-state index in [1.807, 2.05) is 38.1 Å². The van der Waals surface area contributed by atoms with Gasteiger partial charge in [0.1, 0.15) is 0 Å². The number of aromatic nitrogens is 1. The first-order chi connectivity index (χ1) is 13.4. The first-order valence-electron chi connectivity index (χ1n) is 9.16. The molecule has 0 aliphatic heterocycles. The van der Waals surface area contributed by atoms with Gasteiger partial charge in [-0.05, 0) is 75.6 Å². The van der Waals surface area contributed by atoms with Crippen molar-refractivity contribution in [1.82, 2.24) is 4.98 Å². The Labute approximate surface area is 181 Å². The van der Waals surface area contributed by atoms with Gasteiger partial charge in [0.15, 0.2) is 0 Å². The van der Waals surface area contributed by atoms with E-state index in [4.69, 9.17) is 28.3 Å². The molecule has 0 radical (unpaired) electrons. The Morgan fingerprint density at radius 1 is 1.07 bits per heavy atom. The number of pyridine rings is 1. The maximum Gasteiger partial charge on any atom is 0.307 e. The lowest BCUT2D eigenvalue weighted by Gasteiger charge is -2.16. The number of nitrogens with zero attached hydrogens (tertiary/aromatic N) is 1. The molecule has 0 saturated heterocycles. The molecule has 0 amide bonds.